The zero-order valence-corrected chi connectivity index (χ0v) is 19.6. The number of hydrogen-bond donors (Lipinski definition) is 4. The molecule has 3 atom stereocenters. The molecule has 0 aromatic carbocycles. The van der Waals surface area contributed by atoms with Crippen molar-refractivity contribution in [1.29, 1.82) is 0 Å². The molecule has 2 bridgehead atoms. The van der Waals surface area contributed by atoms with Gasteiger partial charge in [-0.15, -0.1) is 0 Å². The summed E-state index contributed by atoms with van der Waals surface area (Å²) in [5, 5.41) is 7.45. The van der Waals surface area contributed by atoms with Crippen LogP contribution in [0.25, 0.3) is 0 Å². The number of dihydropyridines is 1. The number of nitrogens with zero attached hydrogens (tertiary/aromatic N) is 3. The van der Waals surface area contributed by atoms with E-state index in [0.717, 1.165) is 13.2 Å². The first-order valence-electron chi connectivity index (χ1n) is 10.7. The summed E-state index contributed by atoms with van der Waals surface area (Å²) in [6.07, 6.45) is 1.43. The number of allylic oxidation sites excluding steroid dienone is 1. The molecule has 1 fully saturated rings. The van der Waals surface area contributed by atoms with Crippen molar-refractivity contribution in [1.82, 2.24) is 25.4 Å². The molecule has 190 valence electrons. The van der Waals surface area contributed by atoms with Gasteiger partial charge >= 0.3 is 12.2 Å². The number of halogens is 3. The van der Waals surface area contributed by atoms with E-state index in [1.54, 1.807) is 6.08 Å². The number of sulfonamides is 1. The van der Waals surface area contributed by atoms with E-state index in [1.807, 2.05) is 10.2 Å². The van der Waals surface area contributed by atoms with Crippen molar-refractivity contribution in [2.24, 2.45) is 0 Å². The lowest BCUT2D eigenvalue weighted by molar-refractivity contribution is -0.158. The summed E-state index contributed by atoms with van der Waals surface area (Å²) >= 11 is 0. The number of rotatable bonds is 5. The summed E-state index contributed by atoms with van der Waals surface area (Å²) in [5.41, 5.74) is 0.847. The average molecular weight is 516 g/mol. The Morgan fingerprint density at radius 2 is 2.06 bits per heavy atom. The van der Waals surface area contributed by atoms with Gasteiger partial charge in [-0.3, -0.25) is 19.7 Å². The molecule has 4 N–H and O–H groups in total. The minimum atomic E-state index is -4.59. The van der Waals surface area contributed by atoms with Crippen LogP contribution in [0.5, 0.6) is 0 Å². The summed E-state index contributed by atoms with van der Waals surface area (Å²) in [5.74, 6) is -0.498. The van der Waals surface area contributed by atoms with Crippen LogP contribution in [-0.2, 0) is 14.8 Å². The van der Waals surface area contributed by atoms with Gasteiger partial charge in [0.15, 0.2) is 0 Å². The van der Waals surface area contributed by atoms with Crippen molar-refractivity contribution in [2.45, 2.75) is 37.6 Å². The van der Waals surface area contributed by atoms with Gasteiger partial charge in [-0.2, -0.15) is 13.2 Å². The number of anilines is 2. The molecule has 0 aliphatic carbocycles. The van der Waals surface area contributed by atoms with Crippen LogP contribution in [0.15, 0.2) is 42.0 Å². The second kappa shape index (κ2) is 8.94. The zero-order valence-electron chi connectivity index (χ0n) is 18.8. The molecule has 3 amide bonds. The Morgan fingerprint density at radius 1 is 1.31 bits per heavy atom. The van der Waals surface area contributed by atoms with Crippen LogP contribution in [-0.4, -0.2) is 78.8 Å². The fourth-order valence-electron chi connectivity index (χ4n) is 4.09. The van der Waals surface area contributed by atoms with Gasteiger partial charge in [0.25, 0.3) is 0 Å². The van der Waals surface area contributed by atoms with Gasteiger partial charge in [-0.25, -0.2) is 18.2 Å². The molecular formula is C20H24F3N7O4S. The summed E-state index contributed by atoms with van der Waals surface area (Å²) in [6, 6.07) is -1.21. The second-order valence-corrected chi connectivity index (χ2v) is 10.2. The first-order valence-corrected chi connectivity index (χ1v) is 12.6. The van der Waals surface area contributed by atoms with Gasteiger partial charge < -0.3 is 15.5 Å². The highest BCUT2D eigenvalue weighted by Gasteiger charge is 2.43. The molecule has 0 saturated carbocycles. The maximum absolute atomic E-state index is 13.3. The Balaban J connectivity index is 1.53. The highest BCUT2D eigenvalue weighted by atomic mass is 32.2. The maximum Gasteiger partial charge on any atom is 0.408 e. The number of amides is 3. The summed E-state index contributed by atoms with van der Waals surface area (Å²) < 4.78 is 63.9. The predicted octanol–water partition coefficient (Wildman–Crippen LogP) is 1.14. The van der Waals surface area contributed by atoms with E-state index in [0.29, 0.717) is 31.0 Å². The van der Waals surface area contributed by atoms with Crippen LogP contribution in [0.4, 0.5) is 29.5 Å². The molecule has 4 rings (SSSR count). The number of carbonyl (C=O) groups is 2. The molecule has 1 aromatic rings. The van der Waals surface area contributed by atoms with Crippen LogP contribution in [0.3, 0.4) is 0 Å². The highest BCUT2D eigenvalue weighted by Crippen LogP contribution is 2.33. The number of nitrogens with one attached hydrogen (secondary N) is 4. The van der Waals surface area contributed by atoms with Gasteiger partial charge in [0, 0.05) is 25.4 Å². The van der Waals surface area contributed by atoms with E-state index in [1.165, 1.54) is 29.3 Å². The van der Waals surface area contributed by atoms with Crippen LogP contribution in [0.2, 0.25) is 0 Å². The van der Waals surface area contributed by atoms with Gasteiger partial charge in [0.2, 0.25) is 15.9 Å². The predicted molar refractivity (Wildman–Crippen MR) is 120 cm³/mol. The van der Waals surface area contributed by atoms with Gasteiger partial charge in [0.1, 0.15) is 23.7 Å². The molecule has 1 unspecified atom stereocenters. The standard InChI is InChI=1S/C20H24F3N7O4S/c1-11(20(21,22)23)25-18(31)14-3-4-15-17(26-14)30(13-6-8-29(15)10-13)19(32)27-16-9-12(5-7-24-16)28-35(2,33)34/h3-5,7,9,11,13-14,26H,6,8,10H2,1-2H3,(H,25,31)(H2,24,27,28,32)/t11-,13+,14?/m1/s1. The fourth-order valence-corrected chi connectivity index (χ4v) is 4.64. The smallest absolute Gasteiger partial charge is 0.366 e. The molecule has 3 aliphatic rings. The minimum absolute atomic E-state index is 0.0888. The molecule has 15 heteroatoms. The van der Waals surface area contributed by atoms with Gasteiger partial charge in [-0.1, -0.05) is 6.08 Å². The Kier molecular flexibility index (Phi) is 6.29. The van der Waals surface area contributed by atoms with E-state index in [4.69, 9.17) is 0 Å². The van der Waals surface area contributed by atoms with Crippen molar-refractivity contribution in [3.8, 4) is 0 Å². The molecule has 3 aliphatic heterocycles. The monoisotopic (exact) mass is 515 g/mol. The lowest BCUT2D eigenvalue weighted by atomic mass is 10.1. The SMILES string of the molecule is C[C@@H](NC(=O)C1C=CC2=C(N1)N(C(=O)Nc1cc(NS(C)(=O)=O)ccn1)[C@H]1CCN2C1)C(F)(F)F. The summed E-state index contributed by atoms with van der Waals surface area (Å²) in [6.45, 7) is 2.05. The molecule has 1 aromatic heterocycles. The topological polar surface area (TPSA) is 136 Å². The second-order valence-electron chi connectivity index (χ2n) is 8.48. The molecule has 0 spiro atoms. The van der Waals surface area contributed by atoms with Crippen LogP contribution < -0.4 is 20.7 Å². The maximum atomic E-state index is 13.3. The summed E-state index contributed by atoms with van der Waals surface area (Å²) in [7, 11) is -3.54. The fraction of sp³-hybridized carbons (Fsp3) is 0.450. The summed E-state index contributed by atoms with van der Waals surface area (Å²) in [4.78, 5) is 33.2. The largest absolute Gasteiger partial charge is 0.408 e. The van der Waals surface area contributed by atoms with E-state index >= 15 is 0 Å². The third-order valence-corrected chi connectivity index (χ3v) is 6.35. The number of aromatic nitrogens is 1. The number of alkyl halides is 3. The third-order valence-electron chi connectivity index (χ3n) is 5.74. The first kappa shape index (κ1) is 24.6. The van der Waals surface area contributed by atoms with E-state index in [-0.39, 0.29) is 17.5 Å². The molecular weight excluding hydrogens is 491 g/mol. The lowest BCUT2D eigenvalue weighted by Gasteiger charge is -2.41. The first-order chi connectivity index (χ1) is 16.3. The van der Waals surface area contributed by atoms with Crippen molar-refractivity contribution in [3.05, 3.63) is 42.0 Å². The minimum Gasteiger partial charge on any atom is -0.366 e. The zero-order chi connectivity index (χ0) is 25.5. The Morgan fingerprint density at radius 3 is 2.74 bits per heavy atom. The highest BCUT2D eigenvalue weighted by molar-refractivity contribution is 7.92. The quantitative estimate of drug-likeness (QED) is 0.462. The third kappa shape index (κ3) is 5.44. The van der Waals surface area contributed by atoms with Crippen LogP contribution in [0, 0.1) is 0 Å². The van der Waals surface area contributed by atoms with Crippen molar-refractivity contribution >= 4 is 33.5 Å². The number of pyridine rings is 1. The number of urea groups is 1. The molecule has 4 heterocycles. The van der Waals surface area contributed by atoms with Gasteiger partial charge in [0.05, 0.1) is 23.7 Å². The number of carbonyl (C=O) groups excluding carboxylic acids is 2. The Bertz CT molecular complexity index is 1200. The molecule has 0 radical (unpaired) electrons. The lowest BCUT2D eigenvalue weighted by Crippen LogP contribution is -2.57. The normalized spacial score (nSPS) is 22.3. The van der Waals surface area contributed by atoms with Crippen molar-refractivity contribution in [3.63, 3.8) is 0 Å². The number of hydrogen-bond acceptors (Lipinski definition) is 7. The van der Waals surface area contributed by atoms with E-state index in [2.05, 4.69) is 20.3 Å². The Labute approximate surface area is 199 Å². The molecule has 35 heavy (non-hydrogen) atoms. The number of fused-ring (bicyclic) bond motifs is 3. The molecule has 1 saturated heterocycles. The molecule has 11 nitrogen and oxygen atoms in total. The average Bonchev–Trinajstić information content (AvgIpc) is 3.16. The van der Waals surface area contributed by atoms with Crippen molar-refractivity contribution in [2.75, 3.05) is 29.4 Å². The van der Waals surface area contributed by atoms with E-state index in [9.17, 15) is 31.2 Å². The Hall–Kier alpha value is -3.49. The van der Waals surface area contributed by atoms with Crippen LogP contribution in [0.1, 0.15) is 13.3 Å². The van der Waals surface area contributed by atoms with Gasteiger partial charge in [-0.05, 0) is 25.5 Å². The van der Waals surface area contributed by atoms with Crippen molar-refractivity contribution < 1.29 is 31.2 Å². The van der Waals surface area contributed by atoms with E-state index < -0.39 is 40.2 Å². The van der Waals surface area contributed by atoms with Crippen LogP contribution >= 0.6 is 0 Å².